The van der Waals surface area contributed by atoms with Gasteiger partial charge in [0.2, 0.25) is 5.88 Å². The third-order valence-electron chi connectivity index (χ3n) is 5.58. The first-order chi connectivity index (χ1) is 15.3. The van der Waals surface area contributed by atoms with E-state index in [4.69, 9.17) is 9.15 Å². The number of aromatic nitrogens is 3. The largest absolute Gasteiger partial charge is 0.495 e. The summed E-state index contributed by atoms with van der Waals surface area (Å²) in [7, 11) is 1.60. The van der Waals surface area contributed by atoms with Crippen LogP contribution in [0.4, 0.5) is 0 Å². The molecule has 0 aliphatic carbocycles. The lowest BCUT2D eigenvalue weighted by Crippen LogP contribution is -2.00. The molecule has 0 saturated carbocycles. The van der Waals surface area contributed by atoms with E-state index in [1.807, 2.05) is 50.5 Å². The fourth-order valence-corrected chi connectivity index (χ4v) is 4.24. The van der Waals surface area contributed by atoms with Gasteiger partial charge in [-0.05, 0) is 67.4 Å². The van der Waals surface area contributed by atoms with Crippen molar-refractivity contribution < 1.29 is 9.15 Å². The Morgan fingerprint density at radius 1 is 1.22 bits per heavy atom. The Hall–Kier alpha value is -3.75. The molecule has 32 heavy (non-hydrogen) atoms. The highest BCUT2D eigenvalue weighted by molar-refractivity contribution is 9.10. The molecule has 0 fully saturated rings. The summed E-state index contributed by atoms with van der Waals surface area (Å²) in [4.78, 5) is 7.77. The number of hydrogen-bond donors (Lipinski definition) is 1. The van der Waals surface area contributed by atoms with Gasteiger partial charge in [-0.3, -0.25) is 4.57 Å². The van der Waals surface area contributed by atoms with E-state index in [1.54, 1.807) is 13.2 Å². The number of nitrogens with zero attached hydrogens (tertiary/aromatic N) is 4. The van der Waals surface area contributed by atoms with Crippen LogP contribution < -0.4 is 4.74 Å². The van der Waals surface area contributed by atoms with Crippen LogP contribution in [0.1, 0.15) is 39.7 Å². The van der Waals surface area contributed by atoms with Crippen molar-refractivity contribution in [3.63, 3.8) is 0 Å². The van der Waals surface area contributed by atoms with Crippen LogP contribution in [0, 0.1) is 50.4 Å². The number of hydrogen-bond acceptors (Lipinski definition) is 5. The highest BCUT2D eigenvalue weighted by Gasteiger charge is 2.21. The molecule has 1 aromatic carbocycles. The maximum atomic E-state index is 9.85. The Bertz CT molecular complexity index is 1490. The number of nitrogens with one attached hydrogen (secondary N) is 1. The van der Waals surface area contributed by atoms with E-state index in [2.05, 4.69) is 38.0 Å². The summed E-state index contributed by atoms with van der Waals surface area (Å²) in [6, 6.07) is 10.1. The Balaban J connectivity index is 1.83. The average Bonchev–Trinajstić information content (AvgIpc) is 3.38. The van der Waals surface area contributed by atoms with E-state index in [-0.39, 0.29) is 0 Å². The van der Waals surface area contributed by atoms with Gasteiger partial charge in [0, 0.05) is 23.0 Å². The number of nitriles is 2. The first kappa shape index (κ1) is 21.5. The molecule has 4 aromatic rings. The van der Waals surface area contributed by atoms with Crippen molar-refractivity contribution in [1.82, 2.24) is 14.5 Å². The van der Waals surface area contributed by atoms with Gasteiger partial charge in [0.15, 0.2) is 0 Å². The Labute approximate surface area is 193 Å². The monoisotopic (exact) mass is 489 g/mol. The normalized spacial score (nSPS) is 11.6. The molecule has 1 N–H and O–H groups in total. The molecule has 3 heterocycles. The summed E-state index contributed by atoms with van der Waals surface area (Å²) < 4.78 is 13.9. The minimum atomic E-state index is 0.392. The summed E-state index contributed by atoms with van der Waals surface area (Å²) in [6.45, 7) is 7.59. The number of H-pyrrole nitrogens is 1. The summed E-state index contributed by atoms with van der Waals surface area (Å²) in [5.74, 6) is 2.35. The zero-order chi connectivity index (χ0) is 23.2. The third-order valence-corrected chi connectivity index (χ3v) is 6.20. The van der Waals surface area contributed by atoms with Crippen molar-refractivity contribution in [3.05, 3.63) is 62.3 Å². The number of rotatable bonds is 4. The van der Waals surface area contributed by atoms with Gasteiger partial charge in [-0.15, -0.1) is 0 Å². The fraction of sp³-hybridized carbons (Fsp3) is 0.208. The number of furan rings is 1. The van der Waals surface area contributed by atoms with Crippen LogP contribution in [0.25, 0.3) is 28.6 Å². The predicted molar refractivity (Wildman–Crippen MR) is 126 cm³/mol. The minimum absolute atomic E-state index is 0.392. The number of fused-ring (bicyclic) bond motifs is 1. The zero-order valence-electron chi connectivity index (χ0n) is 18.3. The van der Waals surface area contributed by atoms with Crippen LogP contribution in [-0.2, 0) is 0 Å². The number of aromatic amines is 1. The molecule has 7 nitrogen and oxygen atoms in total. The molecular formula is C24H20BrN5O2. The lowest BCUT2D eigenvalue weighted by Gasteiger charge is -2.06. The fourth-order valence-electron chi connectivity index (χ4n) is 3.75. The second-order valence-corrected chi connectivity index (χ2v) is 8.35. The van der Waals surface area contributed by atoms with Gasteiger partial charge in [-0.25, -0.2) is 4.98 Å². The van der Waals surface area contributed by atoms with Crippen LogP contribution in [0.5, 0.6) is 5.75 Å². The number of imidazole rings is 1. The highest BCUT2D eigenvalue weighted by atomic mass is 79.9. The predicted octanol–water partition coefficient (Wildman–Crippen LogP) is 5.89. The average molecular weight is 490 g/mol. The van der Waals surface area contributed by atoms with Gasteiger partial charge in [0.1, 0.15) is 35.0 Å². The van der Waals surface area contributed by atoms with Crippen LogP contribution >= 0.6 is 15.9 Å². The highest BCUT2D eigenvalue weighted by Crippen LogP contribution is 2.32. The van der Waals surface area contributed by atoms with Gasteiger partial charge < -0.3 is 14.1 Å². The molecule has 0 spiro atoms. The number of allylic oxidation sites excluding steroid dienone is 1. The van der Waals surface area contributed by atoms with Crippen molar-refractivity contribution in [2.75, 3.05) is 7.11 Å². The van der Waals surface area contributed by atoms with Crippen LogP contribution in [0.3, 0.4) is 0 Å². The molecule has 0 saturated heterocycles. The van der Waals surface area contributed by atoms with Crippen LogP contribution in [-0.4, -0.2) is 21.6 Å². The first-order valence-corrected chi connectivity index (χ1v) is 10.6. The van der Waals surface area contributed by atoms with E-state index in [1.165, 1.54) is 0 Å². The molecule has 0 aliphatic heterocycles. The Kier molecular flexibility index (Phi) is 5.41. The van der Waals surface area contributed by atoms with Gasteiger partial charge in [0.25, 0.3) is 0 Å². The number of ether oxygens (including phenoxy) is 1. The lowest BCUT2D eigenvalue weighted by molar-refractivity contribution is 0.412. The smallest absolute Gasteiger partial charge is 0.222 e. The minimum Gasteiger partial charge on any atom is -0.495 e. The molecule has 8 heteroatoms. The van der Waals surface area contributed by atoms with Gasteiger partial charge in [-0.2, -0.15) is 10.5 Å². The molecule has 0 radical (unpaired) electrons. The SMILES string of the molecule is COc1cc2[nH]c(/C(C#N)=C/c3cc(C)n(-c4oc(C)c(C)c4C#N)c3C)nc2cc1Br. The second kappa shape index (κ2) is 8.07. The number of methoxy groups -OCH3 is 1. The van der Waals surface area contributed by atoms with Crippen molar-refractivity contribution in [2.24, 2.45) is 0 Å². The molecule has 0 atom stereocenters. The van der Waals surface area contributed by atoms with Gasteiger partial charge in [-0.1, -0.05) is 0 Å². The standard InChI is InChI=1S/C24H20BrN5O2/c1-12-6-16(14(3)30(12)24-18(11-27)13(2)15(4)32-24)7-17(10-26)23-28-20-8-19(25)22(31-5)9-21(20)29-23/h6-9H,1-5H3,(H,28,29)/b17-7+. The number of aryl methyl sites for hydroxylation is 2. The van der Waals surface area contributed by atoms with Crippen molar-refractivity contribution >= 4 is 38.6 Å². The molecule has 0 bridgehead atoms. The molecule has 4 rings (SSSR count). The third kappa shape index (κ3) is 3.39. The molecule has 0 unspecified atom stereocenters. The molecule has 0 amide bonds. The van der Waals surface area contributed by atoms with E-state index >= 15 is 0 Å². The lowest BCUT2D eigenvalue weighted by atomic mass is 10.1. The summed E-state index contributed by atoms with van der Waals surface area (Å²) in [6.07, 6.45) is 1.79. The molecule has 3 aromatic heterocycles. The van der Waals surface area contributed by atoms with Crippen molar-refractivity contribution in [3.8, 4) is 23.8 Å². The van der Waals surface area contributed by atoms with E-state index < -0.39 is 0 Å². The number of benzene rings is 1. The number of halogens is 1. The Morgan fingerprint density at radius 2 is 1.97 bits per heavy atom. The summed E-state index contributed by atoms with van der Waals surface area (Å²) in [5.41, 5.74) is 5.82. The van der Waals surface area contributed by atoms with Crippen molar-refractivity contribution in [2.45, 2.75) is 27.7 Å². The topological polar surface area (TPSA) is 104 Å². The molecule has 160 valence electrons. The Morgan fingerprint density at radius 3 is 2.62 bits per heavy atom. The summed E-state index contributed by atoms with van der Waals surface area (Å²) in [5, 5.41) is 19.5. The maximum absolute atomic E-state index is 9.85. The second-order valence-electron chi connectivity index (χ2n) is 7.50. The van der Waals surface area contributed by atoms with Gasteiger partial charge >= 0.3 is 0 Å². The zero-order valence-corrected chi connectivity index (χ0v) is 19.9. The first-order valence-electron chi connectivity index (χ1n) is 9.83. The quantitative estimate of drug-likeness (QED) is 0.360. The summed E-state index contributed by atoms with van der Waals surface area (Å²) >= 11 is 3.46. The van der Waals surface area contributed by atoms with Gasteiger partial charge in [0.05, 0.1) is 28.2 Å². The van der Waals surface area contributed by atoms with E-state index in [9.17, 15) is 10.5 Å². The van der Waals surface area contributed by atoms with E-state index in [0.717, 1.165) is 38.0 Å². The maximum Gasteiger partial charge on any atom is 0.222 e. The van der Waals surface area contributed by atoms with Crippen LogP contribution in [0.2, 0.25) is 0 Å². The molecular weight excluding hydrogens is 470 g/mol. The van der Waals surface area contributed by atoms with E-state index in [0.29, 0.717) is 34.4 Å². The van der Waals surface area contributed by atoms with Crippen LogP contribution in [0.15, 0.2) is 27.1 Å². The van der Waals surface area contributed by atoms with Crippen molar-refractivity contribution in [1.29, 1.82) is 10.5 Å². The molecule has 0 aliphatic rings.